The molecule has 2 rings (SSSR count). The van der Waals surface area contributed by atoms with Crippen molar-refractivity contribution in [2.24, 2.45) is 0 Å². The summed E-state index contributed by atoms with van der Waals surface area (Å²) in [6.45, 7) is 0. The lowest BCUT2D eigenvalue weighted by molar-refractivity contribution is 0.0606. The highest BCUT2D eigenvalue weighted by atomic mass is 35.5. The van der Waals surface area contributed by atoms with Crippen LogP contribution in [0.5, 0.6) is 0 Å². The lowest BCUT2D eigenvalue weighted by Crippen LogP contribution is -1.98. The summed E-state index contributed by atoms with van der Waals surface area (Å²) in [5.74, 6) is -0.503. The van der Waals surface area contributed by atoms with Crippen LogP contribution in [0, 0.1) is 0 Å². The third kappa shape index (κ3) is 2.93. The van der Waals surface area contributed by atoms with E-state index in [0.29, 0.717) is 10.2 Å². The van der Waals surface area contributed by atoms with Crippen LogP contribution in [-0.2, 0) is 4.74 Å². The molecule has 0 aliphatic carbocycles. The number of esters is 1. The van der Waals surface area contributed by atoms with Gasteiger partial charge in [-0.1, -0.05) is 40.6 Å². The van der Waals surface area contributed by atoms with Crippen LogP contribution in [-0.4, -0.2) is 18.1 Å². The number of anilines is 2. The van der Waals surface area contributed by atoms with Gasteiger partial charge < -0.3 is 10.1 Å². The second-order valence-corrected chi connectivity index (χ2v) is 5.06. The summed E-state index contributed by atoms with van der Waals surface area (Å²) in [5.41, 5.74) is 0.768. The summed E-state index contributed by atoms with van der Waals surface area (Å²) in [6.07, 6.45) is 0. The Hall–Kier alpha value is -1.30. The number of hydrogen-bond donors (Lipinski definition) is 1. The third-order valence-corrected chi connectivity index (χ3v) is 3.60. The highest BCUT2D eigenvalue weighted by molar-refractivity contribution is 7.18. The molecule has 0 radical (unpaired) electrons. The summed E-state index contributed by atoms with van der Waals surface area (Å²) >= 11 is 12.8. The smallest absolute Gasteiger partial charge is 0.351 e. The molecule has 0 aliphatic rings. The normalized spacial score (nSPS) is 10.2. The summed E-state index contributed by atoms with van der Waals surface area (Å²) < 4.78 is 4.60. The number of carbonyl (C=O) groups excluding carboxylic acids is 1. The Bertz CT molecular complexity index is 586. The van der Waals surface area contributed by atoms with Gasteiger partial charge in [-0.2, -0.15) is 0 Å². The van der Waals surface area contributed by atoms with Gasteiger partial charge in [-0.25, -0.2) is 9.78 Å². The van der Waals surface area contributed by atoms with Crippen molar-refractivity contribution in [3.05, 3.63) is 39.3 Å². The SMILES string of the molecule is COC(=O)c1sc(Nc2cccc(Cl)c2)nc1Cl. The number of nitrogens with zero attached hydrogens (tertiary/aromatic N) is 1. The van der Waals surface area contributed by atoms with Gasteiger partial charge in [0.1, 0.15) is 0 Å². The minimum absolute atomic E-state index is 0.122. The predicted molar refractivity (Wildman–Crippen MR) is 73.2 cm³/mol. The van der Waals surface area contributed by atoms with Crippen LogP contribution in [0.1, 0.15) is 9.67 Å². The van der Waals surface area contributed by atoms with Gasteiger partial charge in [-0.3, -0.25) is 0 Å². The molecular formula is C11H8Cl2N2O2S. The zero-order valence-corrected chi connectivity index (χ0v) is 11.6. The third-order valence-electron chi connectivity index (χ3n) is 2.03. The van der Waals surface area contributed by atoms with E-state index < -0.39 is 5.97 Å². The topological polar surface area (TPSA) is 51.2 Å². The minimum Gasteiger partial charge on any atom is -0.465 e. The first kappa shape index (κ1) is 13.1. The first-order chi connectivity index (χ1) is 8.60. The summed E-state index contributed by atoms with van der Waals surface area (Å²) in [4.78, 5) is 15.7. The standard InChI is InChI=1S/C11H8Cl2N2O2S/c1-17-10(16)8-9(13)15-11(18-8)14-7-4-2-3-6(12)5-7/h2-5H,1H3,(H,14,15). The fraction of sp³-hybridized carbons (Fsp3) is 0.0909. The number of benzene rings is 1. The van der Waals surface area contributed by atoms with Crippen molar-refractivity contribution in [2.75, 3.05) is 12.4 Å². The monoisotopic (exact) mass is 302 g/mol. The first-order valence-electron chi connectivity index (χ1n) is 4.87. The Kier molecular flexibility index (Phi) is 4.06. The Labute approximate surface area is 118 Å². The molecule has 1 heterocycles. The van der Waals surface area contributed by atoms with Crippen LogP contribution in [0.3, 0.4) is 0 Å². The molecule has 94 valence electrons. The van der Waals surface area contributed by atoms with Gasteiger partial charge in [0.05, 0.1) is 7.11 Å². The second-order valence-electron chi connectivity index (χ2n) is 3.27. The van der Waals surface area contributed by atoms with Gasteiger partial charge in [0.2, 0.25) is 0 Å². The van der Waals surface area contributed by atoms with E-state index >= 15 is 0 Å². The van der Waals surface area contributed by atoms with E-state index in [4.69, 9.17) is 23.2 Å². The maximum Gasteiger partial charge on any atom is 0.351 e. The highest BCUT2D eigenvalue weighted by Crippen LogP contribution is 2.30. The highest BCUT2D eigenvalue weighted by Gasteiger charge is 2.17. The molecule has 1 N–H and O–H groups in total. The number of carbonyl (C=O) groups is 1. The van der Waals surface area contributed by atoms with E-state index in [-0.39, 0.29) is 10.0 Å². The second kappa shape index (κ2) is 5.56. The van der Waals surface area contributed by atoms with Gasteiger partial charge in [0.25, 0.3) is 0 Å². The number of hydrogen-bond acceptors (Lipinski definition) is 5. The van der Waals surface area contributed by atoms with Crippen LogP contribution in [0.15, 0.2) is 24.3 Å². The molecule has 1 aromatic carbocycles. The average Bonchev–Trinajstić information content (AvgIpc) is 2.69. The molecule has 0 spiro atoms. The summed E-state index contributed by atoms with van der Waals surface area (Å²) in [7, 11) is 1.29. The number of rotatable bonds is 3. The molecule has 4 nitrogen and oxygen atoms in total. The molecular weight excluding hydrogens is 295 g/mol. The van der Waals surface area contributed by atoms with Crippen molar-refractivity contribution in [1.29, 1.82) is 0 Å². The van der Waals surface area contributed by atoms with Crippen LogP contribution in [0.4, 0.5) is 10.8 Å². The van der Waals surface area contributed by atoms with Crippen molar-refractivity contribution >= 4 is 51.3 Å². The van der Waals surface area contributed by atoms with Crippen molar-refractivity contribution in [1.82, 2.24) is 4.98 Å². The van der Waals surface area contributed by atoms with Crippen LogP contribution in [0.2, 0.25) is 10.2 Å². The molecule has 0 amide bonds. The van der Waals surface area contributed by atoms with E-state index in [1.165, 1.54) is 7.11 Å². The summed E-state index contributed by atoms with van der Waals surface area (Å²) in [5, 5.41) is 4.25. The number of ether oxygens (including phenoxy) is 1. The van der Waals surface area contributed by atoms with Crippen molar-refractivity contribution in [3.8, 4) is 0 Å². The van der Waals surface area contributed by atoms with Crippen LogP contribution < -0.4 is 5.32 Å². The molecule has 18 heavy (non-hydrogen) atoms. The number of halogens is 2. The first-order valence-corrected chi connectivity index (χ1v) is 6.44. The molecule has 7 heteroatoms. The van der Waals surface area contributed by atoms with Gasteiger partial charge >= 0.3 is 5.97 Å². The maximum absolute atomic E-state index is 11.4. The Morgan fingerprint density at radius 3 is 2.89 bits per heavy atom. The van der Waals surface area contributed by atoms with Gasteiger partial charge in [-0.15, -0.1) is 0 Å². The Morgan fingerprint density at radius 2 is 2.22 bits per heavy atom. The molecule has 0 atom stereocenters. The predicted octanol–water partition coefficient (Wildman–Crippen LogP) is 3.98. The molecule has 2 aromatic rings. The fourth-order valence-electron chi connectivity index (χ4n) is 1.26. The largest absolute Gasteiger partial charge is 0.465 e. The van der Waals surface area contributed by atoms with Crippen molar-refractivity contribution in [2.45, 2.75) is 0 Å². The number of aromatic nitrogens is 1. The summed E-state index contributed by atoms with van der Waals surface area (Å²) in [6, 6.07) is 7.15. The lowest BCUT2D eigenvalue weighted by Gasteiger charge is -2.01. The van der Waals surface area contributed by atoms with E-state index in [2.05, 4.69) is 15.0 Å². The molecule has 0 saturated heterocycles. The molecule has 0 unspecified atom stereocenters. The molecule has 0 fully saturated rings. The maximum atomic E-state index is 11.4. The molecule has 0 saturated carbocycles. The van der Waals surface area contributed by atoms with Crippen molar-refractivity contribution < 1.29 is 9.53 Å². The zero-order chi connectivity index (χ0) is 13.1. The Morgan fingerprint density at radius 1 is 1.44 bits per heavy atom. The van der Waals surface area contributed by atoms with E-state index in [9.17, 15) is 4.79 Å². The van der Waals surface area contributed by atoms with Gasteiger partial charge in [0.15, 0.2) is 15.2 Å². The Balaban J connectivity index is 2.23. The molecule has 0 bridgehead atoms. The lowest BCUT2D eigenvalue weighted by atomic mass is 10.3. The molecule has 1 aromatic heterocycles. The van der Waals surface area contributed by atoms with Crippen LogP contribution in [0.25, 0.3) is 0 Å². The van der Waals surface area contributed by atoms with Gasteiger partial charge in [-0.05, 0) is 18.2 Å². The number of nitrogens with one attached hydrogen (secondary N) is 1. The number of methoxy groups -OCH3 is 1. The van der Waals surface area contributed by atoms with Crippen LogP contribution >= 0.6 is 34.5 Å². The average molecular weight is 303 g/mol. The van der Waals surface area contributed by atoms with E-state index in [0.717, 1.165) is 17.0 Å². The number of thiazole rings is 1. The fourth-order valence-corrected chi connectivity index (χ4v) is 2.58. The quantitative estimate of drug-likeness (QED) is 0.871. The zero-order valence-electron chi connectivity index (χ0n) is 9.24. The van der Waals surface area contributed by atoms with E-state index in [1.807, 2.05) is 6.07 Å². The minimum atomic E-state index is -0.503. The van der Waals surface area contributed by atoms with Gasteiger partial charge in [0, 0.05) is 10.7 Å². The van der Waals surface area contributed by atoms with Crippen molar-refractivity contribution in [3.63, 3.8) is 0 Å². The molecule has 0 aliphatic heterocycles. The van der Waals surface area contributed by atoms with E-state index in [1.54, 1.807) is 18.2 Å².